The number of nitrogens with one attached hydrogen (secondary N) is 1. The van der Waals surface area contributed by atoms with Crippen LogP contribution in [0.2, 0.25) is 0 Å². The van der Waals surface area contributed by atoms with Gasteiger partial charge in [0.1, 0.15) is 5.72 Å². The first kappa shape index (κ1) is 14.3. The van der Waals surface area contributed by atoms with Crippen molar-refractivity contribution < 1.29 is 4.74 Å². The third-order valence-electron chi connectivity index (χ3n) is 4.35. The average Bonchev–Trinajstić information content (AvgIpc) is 2.53. The first-order chi connectivity index (χ1) is 8.31. The highest BCUT2D eigenvalue weighted by Crippen LogP contribution is 2.33. The quantitative estimate of drug-likeness (QED) is 0.838. The number of nitrogens with zero attached hydrogens (tertiary/aromatic N) is 1. The van der Waals surface area contributed by atoms with Gasteiger partial charge in [0.05, 0.1) is 5.60 Å². The number of likely N-dealkylation sites (tertiary alicyclic amines) is 1. The van der Waals surface area contributed by atoms with Crippen LogP contribution >= 0.6 is 0 Å². The minimum absolute atomic E-state index is 0.0217. The van der Waals surface area contributed by atoms with Gasteiger partial charge >= 0.3 is 0 Å². The highest BCUT2D eigenvalue weighted by molar-refractivity contribution is 4.93. The fraction of sp³-hybridized carbons (Fsp3) is 1.00. The van der Waals surface area contributed by atoms with E-state index in [1.807, 2.05) is 0 Å². The number of rotatable bonds is 3. The van der Waals surface area contributed by atoms with Crippen molar-refractivity contribution in [3.63, 3.8) is 0 Å². The van der Waals surface area contributed by atoms with Gasteiger partial charge in [0.2, 0.25) is 0 Å². The molecule has 2 fully saturated rings. The Labute approximate surface area is 112 Å². The lowest BCUT2D eigenvalue weighted by molar-refractivity contribution is -0.0986. The van der Waals surface area contributed by atoms with Gasteiger partial charge in [-0.15, -0.1) is 0 Å². The maximum absolute atomic E-state index is 6.23. The van der Waals surface area contributed by atoms with Crippen LogP contribution in [0.4, 0.5) is 0 Å². The molecule has 2 atom stereocenters. The molecule has 0 aromatic heterocycles. The van der Waals surface area contributed by atoms with Gasteiger partial charge in [-0.3, -0.25) is 10.2 Å². The van der Waals surface area contributed by atoms with Crippen LogP contribution in [0.5, 0.6) is 0 Å². The third-order valence-corrected chi connectivity index (χ3v) is 4.35. The second-order valence-electron chi connectivity index (χ2n) is 7.13. The fourth-order valence-electron chi connectivity index (χ4n) is 3.57. The van der Waals surface area contributed by atoms with Crippen LogP contribution in [0.1, 0.15) is 60.3 Å². The van der Waals surface area contributed by atoms with Gasteiger partial charge in [-0.1, -0.05) is 6.42 Å². The fourth-order valence-corrected chi connectivity index (χ4v) is 3.57. The molecule has 0 aromatic rings. The molecule has 0 spiro atoms. The topological polar surface area (TPSA) is 24.5 Å². The van der Waals surface area contributed by atoms with E-state index >= 15 is 0 Å². The summed E-state index contributed by atoms with van der Waals surface area (Å²) < 4.78 is 6.23. The molecule has 3 heteroatoms. The number of ether oxygens (including phenoxy) is 1. The van der Waals surface area contributed by atoms with E-state index in [0.717, 1.165) is 13.0 Å². The molecule has 1 N–H and O–H groups in total. The second kappa shape index (κ2) is 5.10. The summed E-state index contributed by atoms with van der Waals surface area (Å²) in [5.41, 5.74) is -0.162. The van der Waals surface area contributed by atoms with E-state index in [9.17, 15) is 0 Å². The van der Waals surface area contributed by atoms with Crippen LogP contribution in [0, 0.1) is 0 Å². The van der Waals surface area contributed by atoms with E-state index in [2.05, 4.69) is 44.8 Å². The Morgan fingerprint density at radius 3 is 2.56 bits per heavy atom. The van der Waals surface area contributed by atoms with Crippen molar-refractivity contribution in [2.45, 2.75) is 83.7 Å². The van der Waals surface area contributed by atoms with Crippen molar-refractivity contribution in [2.75, 3.05) is 13.1 Å². The van der Waals surface area contributed by atoms with Crippen LogP contribution in [-0.4, -0.2) is 41.4 Å². The molecule has 0 aliphatic carbocycles. The summed E-state index contributed by atoms with van der Waals surface area (Å²) in [6.07, 6.45) is 5.15. The average molecular weight is 254 g/mol. The van der Waals surface area contributed by atoms with Crippen LogP contribution in [0.15, 0.2) is 0 Å². The van der Waals surface area contributed by atoms with Gasteiger partial charge in [-0.25, -0.2) is 0 Å². The zero-order chi connectivity index (χ0) is 13.4. The molecule has 0 bridgehead atoms. The Balaban J connectivity index is 1.99. The van der Waals surface area contributed by atoms with E-state index in [-0.39, 0.29) is 11.3 Å². The first-order valence-electron chi connectivity index (χ1n) is 7.52. The predicted molar refractivity (Wildman–Crippen MR) is 75.7 cm³/mol. The molecule has 0 aromatic carbocycles. The molecule has 3 nitrogen and oxygen atoms in total. The van der Waals surface area contributed by atoms with E-state index in [4.69, 9.17) is 4.74 Å². The highest BCUT2D eigenvalue weighted by atomic mass is 16.5. The van der Waals surface area contributed by atoms with Crippen molar-refractivity contribution in [1.29, 1.82) is 0 Å². The molecule has 2 heterocycles. The molecular formula is C15H30N2O. The van der Waals surface area contributed by atoms with E-state index < -0.39 is 0 Å². The molecule has 18 heavy (non-hydrogen) atoms. The highest BCUT2D eigenvalue weighted by Gasteiger charge is 2.42. The van der Waals surface area contributed by atoms with Gasteiger partial charge in [-0.05, 0) is 54.0 Å². The summed E-state index contributed by atoms with van der Waals surface area (Å²) in [4.78, 5) is 2.66. The van der Waals surface area contributed by atoms with Crippen LogP contribution in [-0.2, 0) is 4.74 Å². The maximum Gasteiger partial charge on any atom is 0.118 e. The lowest BCUT2D eigenvalue weighted by Crippen LogP contribution is -2.50. The summed E-state index contributed by atoms with van der Waals surface area (Å²) in [5.74, 6) is 0. The SMILES string of the molecule is CC(C)N1CCCCC1CC1(C)NCC(C)(C)O1. The zero-order valence-corrected chi connectivity index (χ0v) is 12.8. The Hall–Kier alpha value is -0.120. The smallest absolute Gasteiger partial charge is 0.118 e. The summed E-state index contributed by atoms with van der Waals surface area (Å²) in [5, 5.41) is 3.58. The second-order valence-corrected chi connectivity index (χ2v) is 7.13. The van der Waals surface area contributed by atoms with Crippen LogP contribution in [0.3, 0.4) is 0 Å². The van der Waals surface area contributed by atoms with Crippen molar-refractivity contribution in [1.82, 2.24) is 10.2 Å². The summed E-state index contributed by atoms with van der Waals surface area (Å²) in [7, 11) is 0. The Morgan fingerprint density at radius 2 is 2.00 bits per heavy atom. The van der Waals surface area contributed by atoms with Crippen molar-refractivity contribution in [2.24, 2.45) is 0 Å². The standard InChI is InChI=1S/C15H30N2O/c1-12(2)17-9-7-6-8-13(17)10-15(5)16-11-14(3,4)18-15/h12-13,16H,6-11H2,1-5H3. The van der Waals surface area contributed by atoms with E-state index in [1.54, 1.807) is 0 Å². The molecule has 2 unspecified atom stereocenters. The van der Waals surface area contributed by atoms with Crippen molar-refractivity contribution in [3.05, 3.63) is 0 Å². The largest absolute Gasteiger partial charge is 0.354 e. The molecule has 2 aliphatic heterocycles. The van der Waals surface area contributed by atoms with Gasteiger partial charge in [-0.2, -0.15) is 0 Å². The molecular weight excluding hydrogens is 224 g/mol. The molecule has 0 radical (unpaired) electrons. The lowest BCUT2D eigenvalue weighted by atomic mass is 9.93. The number of hydrogen-bond donors (Lipinski definition) is 1. The lowest BCUT2D eigenvalue weighted by Gasteiger charge is -2.42. The minimum atomic E-state index is -0.140. The zero-order valence-electron chi connectivity index (χ0n) is 12.8. The van der Waals surface area contributed by atoms with Gasteiger partial charge in [0.15, 0.2) is 0 Å². The minimum Gasteiger partial charge on any atom is -0.354 e. The summed E-state index contributed by atoms with van der Waals surface area (Å²) in [6, 6.07) is 1.32. The molecule has 106 valence electrons. The molecule has 2 aliphatic rings. The molecule has 2 rings (SSSR count). The summed E-state index contributed by atoms with van der Waals surface area (Å²) in [6.45, 7) is 13.4. The molecule has 0 amide bonds. The predicted octanol–water partition coefficient (Wildman–Crippen LogP) is 2.75. The van der Waals surface area contributed by atoms with Crippen LogP contribution in [0.25, 0.3) is 0 Å². The Kier molecular flexibility index (Phi) is 4.05. The Morgan fingerprint density at radius 1 is 1.28 bits per heavy atom. The van der Waals surface area contributed by atoms with Crippen molar-refractivity contribution >= 4 is 0 Å². The monoisotopic (exact) mass is 254 g/mol. The van der Waals surface area contributed by atoms with Crippen molar-refractivity contribution in [3.8, 4) is 0 Å². The van der Waals surface area contributed by atoms with Gasteiger partial charge < -0.3 is 4.74 Å². The van der Waals surface area contributed by atoms with E-state index in [1.165, 1.54) is 25.8 Å². The summed E-state index contributed by atoms with van der Waals surface area (Å²) >= 11 is 0. The Bertz CT molecular complexity index is 290. The van der Waals surface area contributed by atoms with Gasteiger partial charge in [0, 0.05) is 25.0 Å². The van der Waals surface area contributed by atoms with E-state index in [0.29, 0.717) is 12.1 Å². The first-order valence-corrected chi connectivity index (χ1v) is 7.52. The normalized spacial score (nSPS) is 37.3. The van der Waals surface area contributed by atoms with Gasteiger partial charge in [0.25, 0.3) is 0 Å². The maximum atomic E-state index is 6.23. The number of piperidine rings is 1. The molecule has 2 saturated heterocycles. The van der Waals surface area contributed by atoms with Crippen LogP contribution < -0.4 is 5.32 Å². The number of hydrogen-bond acceptors (Lipinski definition) is 3. The molecule has 0 saturated carbocycles. The third kappa shape index (κ3) is 3.25.